The smallest absolute Gasteiger partial charge is 0.389 e. The molecule has 0 aromatic rings. The predicted octanol–water partition coefficient (Wildman–Crippen LogP) is 7.52. The molecule has 0 radical (unpaired) electrons. The van der Waals surface area contributed by atoms with Crippen molar-refractivity contribution in [3.63, 3.8) is 0 Å². The highest BCUT2D eigenvalue weighted by Gasteiger charge is 2.60. The SMILES string of the molecule is C[C@]1(O)CC[C@@]2(C)C(CC[C@@H]3C2CC[C@@]2(C)C3CC[C@@H]2CCCCC(F)(F)F)C1. The van der Waals surface area contributed by atoms with Gasteiger partial charge in [0.2, 0.25) is 0 Å². The third kappa shape index (κ3) is 4.01. The molecular formula is C25H41F3O. The van der Waals surface area contributed by atoms with Crippen LogP contribution in [0.15, 0.2) is 0 Å². The zero-order valence-corrected chi connectivity index (χ0v) is 18.7. The monoisotopic (exact) mass is 414 g/mol. The van der Waals surface area contributed by atoms with Gasteiger partial charge in [0.15, 0.2) is 0 Å². The van der Waals surface area contributed by atoms with Gasteiger partial charge in [-0.25, -0.2) is 0 Å². The standard InChI is InChI=1S/C25H41F3O/c1-22(29)14-15-24(3)18(16-22)7-9-19-20-10-8-17(6-4-5-12-25(26,27)28)23(20,2)13-11-21(19)24/h17-21,29H,4-16H2,1-3H3/t17-,18?,19-,20?,21?,22-,23+,24-/m0/s1. The second kappa shape index (κ2) is 7.41. The fourth-order valence-electron chi connectivity index (χ4n) is 8.73. The molecule has 0 aliphatic heterocycles. The number of unbranched alkanes of at least 4 members (excludes halogenated alkanes) is 1. The van der Waals surface area contributed by atoms with Crippen LogP contribution in [-0.2, 0) is 0 Å². The average molecular weight is 415 g/mol. The molecule has 0 spiro atoms. The van der Waals surface area contributed by atoms with Gasteiger partial charge in [-0.3, -0.25) is 0 Å². The number of aliphatic hydroxyl groups is 1. The van der Waals surface area contributed by atoms with E-state index in [1.54, 1.807) is 0 Å². The molecule has 0 bridgehead atoms. The van der Waals surface area contributed by atoms with Crippen LogP contribution in [0.4, 0.5) is 13.2 Å². The lowest BCUT2D eigenvalue weighted by Crippen LogP contribution is -2.55. The number of halogens is 3. The van der Waals surface area contributed by atoms with Crippen molar-refractivity contribution in [3.8, 4) is 0 Å². The molecule has 29 heavy (non-hydrogen) atoms. The molecule has 4 aliphatic carbocycles. The molecule has 0 saturated heterocycles. The topological polar surface area (TPSA) is 20.2 Å². The van der Waals surface area contributed by atoms with Crippen molar-refractivity contribution in [1.29, 1.82) is 0 Å². The van der Waals surface area contributed by atoms with E-state index in [9.17, 15) is 18.3 Å². The zero-order chi connectivity index (χ0) is 21.1. The highest BCUT2D eigenvalue weighted by atomic mass is 19.4. The molecule has 4 saturated carbocycles. The Balaban J connectivity index is 1.41. The van der Waals surface area contributed by atoms with Gasteiger partial charge in [-0.15, -0.1) is 0 Å². The fourth-order valence-corrected chi connectivity index (χ4v) is 8.73. The van der Waals surface area contributed by atoms with Crippen LogP contribution < -0.4 is 0 Å². The van der Waals surface area contributed by atoms with Gasteiger partial charge in [-0.05, 0) is 118 Å². The molecule has 8 atom stereocenters. The van der Waals surface area contributed by atoms with Crippen molar-refractivity contribution in [2.24, 2.45) is 40.4 Å². The molecule has 0 amide bonds. The third-order valence-electron chi connectivity index (χ3n) is 10.4. The van der Waals surface area contributed by atoms with Gasteiger partial charge < -0.3 is 5.11 Å². The number of rotatable bonds is 4. The Kier molecular flexibility index (Phi) is 5.62. The minimum absolute atomic E-state index is 0.298. The first kappa shape index (κ1) is 22.0. The van der Waals surface area contributed by atoms with E-state index < -0.39 is 18.2 Å². The molecule has 4 rings (SSSR count). The van der Waals surface area contributed by atoms with Crippen molar-refractivity contribution < 1.29 is 18.3 Å². The van der Waals surface area contributed by atoms with Crippen LogP contribution in [0.25, 0.3) is 0 Å². The summed E-state index contributed by atoms with van der Waals surface area (Å²) in [6.07, 6.45) is 8.12. The van der Waals surface area contributed by atoms with E-state index in [2.05, 4.69) is 13.8 Å². The number of fused-ring (bicyclic) bond motifs is 5. The molecule has 4 aliphatic rings. The Labute approximate surface area is 175 Å². The van der Waals surface area contributed by atoms with Crippen molar-refractivity contribution in [3.05, 3.63) is 0 Å². The quantitative estimate of drug-likeness (QED) is 0.472. The van der Waals surface area contributed by atoms with E-state index in [4.69, 9.17) is 0 Å². The van der Waals surface area contributed by atoms with Crippen LogP contribution in [-0.4, -0.2) is 16.9 Å². The third-order valence-corrected chi connectivity index (χ3v) is 10.4. The first-order valence-corrected chi connectivity index (χ1v) is 12.2. The van der Waals surface area contributed by atoms with E-state index >= 15 is 0 Å². The lowest BCUT2D eigenvalue weighted by atomic mass is 9.44. The van der Waals surface area contributed by atoms with Gasteiger partial charge in [-0.1, -0.05) is 20.3 Å². The lowest BCUT2D eigenvalue weighted by molar-refractivity contribution is -0.146. The Morgan fingerprint density at radius 3 is 2.28 bits per heavy atom. The Morgan fingerprint density at radius 2 is 1.55 bits per heavy atom. The van der Waals surface area contributed by atoms with E-state index in [1.807, 2.05) is 6.92 Å². The number of hydrogen-bond acceptors (Lipinski definition) is 1. The van der Waals surface area contributed by atoms with E-state index in [-0.39, 0.29) is 0 Å². The van der Waals surface area contributed by atoms with Crippen LogP contribution in [0, 0.1) is 40.4 Å². The summed E-state index contributed by atoms with van der Waals surface area (Å²) in [7, 11) is 0. The predicted molar refractivity (Wildman–Crippen MR) is 110 cm³/mol. The Morgan fingerprint density at radius 1 is 0.828 bits per heavy atom. The molecule has 4 heteroatoms. The minimum Gasteiger partial charge on any atom is -0.390 e. The normalized spacial score (nSPS) is 50.0. The summed E-state index contributed by atoms with van der Waals surface area (Å²) in [5, 5.41) is 10.6. The van der Waals surface area contributed by atoms with Crippen LogP contribution in [0.1, 0.15) is 104 Å². The van der Waals surface area contributed by atoms with Crippen LogP contribution in [0.3, 0.4) is 0 Å². The first-order valence-electron chi connectivity index (χ1n) is 12.2. The number of hydrogen-bond donors (Lipinski definition) is 1. The molecule has 0 aromatic heterocycles. The molecule has 0 heterocycles. The van der Waals surface area contributed by atoms with Gasteiger partial charge in [0.05, 0.1) is 5.60 Å². The summed E-state index contributed by atoms with van der Waals surface area (Å²) >= 11 is 0. The molecule has 1 N–H and O–H groups in total. The van der Waals surface area contributed by atoms with Gasteiger partial charge >= 0.3 is 6.18 Å². The zero-order valence-electron chi connectivity index (χ0n) is 18.7. The van der Waals surface area contributed by atoms with Crippen LogP contribution in [0.2, 0.25) is 0 Å². The summed E-state index contributed by atoms with van der Waals surface area (Å²) in [6.45, 7) is 7.03. The minimum atomic E-state index is -4.00. The average Bonchev–Trinajstić information content (AvgIpc) is 2.95. The molecule has 1 nitrogen and oxygen atoms in total. The van der Waals surface area contributed by atoms with Gasteiger partial charge in [0.1, 0.15) is 0 Å². The maximum absolute atomic E-state index is 12.5. The highest BCUT2D eigenvalue weighted by molar-refractivity contribution is 5.10. The maximum Gasteiger partial charge on any atom is 0.389 e. The molecule has 0 aromatic carbocycles. The van der Waals surface area contributed by atoms with Crippen molar-refractivity contribution in [2.45, 2.75) is 116 Å². The summed E-state index contributed by atoms with van der Waals surface area (Å²) in [5.74, 6) is 3.66. The summed E-state index contributed by atoms with van der Waals surface area (Å²) in [4.78, 5) is 0. The van der Waals surface area contributed by atoms with E-state index in [1.165, 1.54) is 38.5 Å². The number of alkyl halides is 3. The second-order valence-electron chi connectivity index (χ2n) is 12.0. The fraction of sp³-hybridized carbons (Fsp3) is 1.00. The van der Waals surface area contributed by atoms with Gasteiger partial charge in [-0.2, -0.15) is 13.2 Å². The second-order valence-corrected chi connectivity index (χ2v) is 12.0. The maximum atomic E-state index is 12.5. The largest absolute Gasteiger partial charge is 0.390 e. The highest BCUT2D eigenvalue weighted by Crippen LogP contribution is 2.68. The first-order chi connectivity index (χ1) is 13.4. The molecular weight excluding hydrogens is 373 g/mol. The Bertz CT molecular complexity index is 599. The molecule has 4 fully saturated rings. The van der Waals surface area contributed by atoms with Crippen LogP contribution in [0.5, 0.6) is 0 Å². The van der Waals surface area contributed by atoms with Gasteiger partial charge in [0.25, 0.3) is 0 Å². The molecule has 168 valence electrons. The van der Waals surface area contributed by atoms with Crippen LogP contribution >= 0.6 is 0 Å². The van der Waals surface area contributed by atoms with Crippen molar-refractivity contribution in [1.82, 2.24) is 0 Å². The summed E-state index contributed by atoms with van der Waals surface area (Å²) in [5.41, 5.74) is 0.259. The summed E-state index contributed by atoms with van der Waals surface area (Å²) < 4.78 is 37.5. The molecule has 3 unspecified atom stereocenters. The summed E-state index contributed by atoms with van der Waals surface area (Å²) in [6, 6.07) is 0. The van der Waals surface area contributed by atoms with Crippen molar-refractivity contribution >= 4 is 0 Å². The van der Waals surface area contributed by atoms with Gasteiger partial charge in [0, 0.05) is 6.42 Å². The van der Waals surface area contributed by atoms with E-state index in [0.29, 0.717) is 29.1 Å². The van der Waals surface area contributed by atoms with Crippen molar-refractivity contribution in [2.75, 3.05) is 0 Å². The lowest BCUT2D eigenvalue weighted by Gasteiger charge is -2.62. The Hall–Kier alpha value is -0.250. The van der Waals surface area contributed by atoms with E-state index in [0.717, 1.165) is 49.9 Å².